The molecule has 1 aromatic carbocycles. The lowest BCUT2D eigenvalue weighted by Crippen LogP contribution is -2.57. The Hall–Kier alpha value is -1.55. The molecule has 1 aliphatic heterocycles. The molecule has 2 atom stereocenters. The van der Waals surface area contributed by atoms with E-state index in [2.05, 4.69) is 5.32 Å². The van der Waals surface area contributed by atoms with Crippen LogP contribution in [-0.2, 0) is 0 Å². The van der Waals surface area contributed by atoms with E-state index in [1.165, 1.54) is 0 Å². The Morgan fingerprint density at radius 2 is 1.94 bits per heavy atom. The number of phenols is 1. The number of hydrogen-bond donors (Lipinski definition) is 2. The van der Waals surface area contributed by atoms with E-state index >= 15 is 0 Å². The van der Waals surface area contributed by atoms with Crippen LogP contribution in [0.1, 0.15) is 29.8 Å². The molecule has 4 nitrogen and oxygen atoms in total. The predicted molar refractivity (Wildman–Crippen MR) is 70.8 cm³/mol. The maximum absolute atomic E-state index is 12.6. The summed E-state index contributed by atoms with van der Waals surface area (Å²) in [7, 11) is 0. The molecule has 98 valence electrons. The van der Waals surface area contributed by atoms with Gasteiger partial charge < -0.3 is 15.3 Å². The number of benzene rings is 1. The molecule has 0 aliphatic carbocycles. The van der Waals surface area contributed by atoms with Crippen LogP contribution in [0.3, 0.4) is 0 Å². The highest BCUT2D eigenvalue weighted by Crippen LogP contribution is 2.23. The minimum atomic E-state index is 0.00454. The SMILES string of the molecule is Cc1c(O)cccc1C(=O)N1C(C)CNCC1C. The molecule has 1 heterocycles. The second-order valence-electron chi connectivity index (χ2n) is 5.02. The fraction of sp³-hybridized carbons (Fsp3) is 0.500. The van der Waals surface area contributed by atoms with E-state index in [9.17, 15) is 9.90 Å². The Bertz CT molecular complexity index is 449. The first-order valence-corrected chi connectivity index (χ1v) is 6.34. The summed E-state index contributed by atoms with van der Waals surface area (Å²) in [6.45, 7) is 7.49. The van der Waals surface area contributed by atoms with Crippen LogP contribution in [0.5, 0.6) is 5.75 Å². The number of carbonyl (C=O) groups excluding carboxylic acids is 1. The first-order chi connectivity index (χ1) is 8.52. The van der Waals surface area contributed by atoms with Crippen LogP contribution in [0.25, 0.3) is 0 Å². The quantitative estimate of drug-likeness (QED) is 0.792. The van der Waals surface area contributed by atoms with Gasteiger partial charge in [0.05, 0.1) is 0 Å². The van der Waals surface area contributed by atoms with E-state index in [1.54, 1.807) is 25.1 Å². The third kappa shape index (κ3) is 2.20. The molecule has 1 aromatic rings. The molecular formula is C14H20N2O2. The predicted octanol–water partition coefficient (Wildman–Crippen LogP) is 1.52. The molecule has 0 spiro atoms. The second kappa shape index (κ2) is 4.98. The number of aromatic hydroxyl groups is 1. The van der Waals surface area contributed by atoms with Crippen LogP contribution >= 0.6 is 0 Å². The molecule has 0 saturated carbocycles. The monoisotopic (exact) mass is 248 g/mol. The van der Waals surface area contributed by atoms with E-state index < -0.39 is 0 Å². The summed E-state index contributed by atoms with van der Waals surface area (Å²) in [5.41, 5.74) is 1.25. The van der Waals surface area contributed by atoms with Crippen LogP contribution < -0.4 is 5.32 Å². The van der Waals surface area contributed by atoms with Crippen molar-refractivity contribution in [2.24, 2.45) is 0 Å². The minimum absolute atomic E-state index is 0.00454. The third-order valence-electron chi connectivity index (χ3n) is 3.60. The van der Waals surface area contributed by atoms with E-state index in [0.717, 1.165) is 13.1 Å². The molecule has 18 heavy (non-hydrogen) atoms. The molecule has 0 radical (unpaired) electrons. The van der Waals surface area contributed by atoms with Crippen molar-refractivity contribution in [3.05, 3.63) is 29.3 Å². The van der Waals surface area contributed by atoms with Crippen molar-refractivity contribution in [1.29, 1.82) is 0 Å². The number of nitrogens with zero attached hydrogens (tertiary/aromatic N) is 1. The lowest BCUT2D eigenvalue weighted by molar-refractivity contribution is 0.0543. The highest BCUT2D eigenvalue weighted by molar-refractivity contribution is 5.96. The van der Waals surface area contributed by atoms with Crippen molar-refractivity contribution < 1.29 is 9.90 Å². The zero-order valence-corrected chi connectivity index (χ0v) is 11.1. The molecule has 4 heteroatoms. The summed E-state index contributed by atoms with van der Waals surface area (Å²) in [4.78, 5) is 14.5. The number of amides is 1. The van der Waals surface area contributed by atoms with E-state index in [4.69, 9.17) is 0 Å². The summed E-state index contributed by atoms with van der Waals surface area (Å²) in [5, 5.41) is 13.0. The Balaban J connectivity index is 2.32. The molecule has 2 N–H and O–H groups in total. The van der Waals surface area contributed by atoms with Crippen LogP contribution in [0.2, 0.25) is 0 Å². The maximum atomic E-state index is 12.6. The van der Waals surface area contributed by atoms with Gasteiger partial charge in [-0.15, -0.1) is 0 Å². The molecule has 0 bridgehead atoms. The second-order valence-corrected chi connectivity index (χ2v) is 5.02. The number of rotatable bonds is 1. The van der Waals surface area contributed by atoms with Crippen molar-refractivity contribution in [2.45, 2.75) is 32.9 Å². The average molecular weight is 248 g/mol. The minimum Gasteiger partial charge on any atom is -0.508 e. The largest absolute Gasteiger partial charge is 0.508 e. The number of hydrogen-bond acceptors (Lipinski definition) is 3. The van der Waals surface area contributed by atoms with E-state index in [0.29, 0.717) is 11.1 Å². The average Bonchev–Trinajstić information content (AvgIpc) is 2.32. The molecular weight excluding hydrogens is 228 g/mol. The van der Waals surface area contributed by atoms with Crippen molar-refractivity contribution in [3.63, 3.8) is 0 Å². The highest BCUT2D eigenvalue weighted by Gasteiger charge is 2.30. The maximum Gasteiger partial charge on any atom is 0.254 e. The molecule has 2 rings (SSSR count). The zero-order chi connectivity index (χ0) is 13.3. The smallest absolute Gasteiger partial charge is 0.254 e. The van der Waals surface area contributed by atoms with Crippen LogP contribution in [0, 0.1) is 6.92 Å². The summed E-state index contributed by atoms with van der Waals surface area (Å²) in [5.74, 6) is 0.182. The lowest BCUT2D eigenvalue weighted by Gasteiger charge is -2.39. The number of nitrogens with one attached hydrogen (secondary N) is 1. The van der Waals surface area contributed by atoms with Crippen LogP contribution in [0.4, 0.5) is 0 Å². The fourth-order valence-electron chi connectivity index (χ4n) is 2.53. The van der Waals surface area contributed by atoms with Gasteiger partial charge in [0.2, 0.25) is 0 Å². The highest BCUT2D eigenvalue weighted by atomic mass is 16.3. The standard InChI is InChI=1S/C14H20N2O2/c1-9-7-15-8-10(2)16(9)14(18)12-5-4-6-13(17)11(12)3/h4-6,9-10,15,17H,7-8H2,1-3H3. The lowest BCUT2D eigenvalue weighted by atomic mass is 10.0. The van der Waals surface area contributed by atoms with Gasteiger partial charge in [-0.3, -0.25) is 4.79 Å². The summed E-state index contributed by atoms with van der Waals surface area (Å²) in [6.07, 6.45) is 0. The Kier molecular flexibility index (Phi) is 3.57. The van der Waals surface area contributed by atoms with Gasteiger partial charge in [0.15, 0.2) is 0 Å². The van der Waals surface area contributed by atoms with Gasteiger partial charge in [-0.05, 0) is 32.9 Å². The van der Waals surface area contributed by atoms with Crippen LogP contribution in [-0.4, -0.2) is 41.1 Å². The van der Waals surface area contributed by atoms with Crippen molar-refractivity contribution in [2.75, 3.05) is 13.1 Å². The Morgan fingerprint density at radius 3 is 2.56 bits per heavy atom. The van der Waals surface area contributed by atoms with Gasteiger partial charge in [-0.2, -0.15) is 0 Å². The van der Waals surface area contributed by atoms with Gasteiger partial charge >= 0.3 is 0 Å². The summed E-state index contributed by atoms with van der Waals surface area (Å²) in [6, 6.07) is 5.44. The zero-order valence-electron chi connectivity index (χ0n) is 11.1. The Morgan fingerprint density at radius 1 is 1.33 bits per heavy atom. The first-order valence-electron chi connectivity index (χ1n) is 6.34. The van der Waals surface area contributed by atoms with Crippen LogP contribution in [0.15, 0.2) is 18.2 Å². The molecule has 1 saturated heterocycles. The van der Waals surface area contributed by atoms with Gasteiger partial charge in [-0.25, -0.2) is 0 Å². The Labute approximate surface area is 108 Å². The van der Waals surface area contributed by atoms with Crippen molar-refractivity contribution in [1.82, 2.24) is 10.2 Å². The third-order valence-corrected chi connectivity index (χ3v) is 3.60. The summed E-state index contributed by atoms with van der Waals surface area (Å²) < 4.78 is 0. The van der Waals surface area contributed by atoms with E-state index in [-0.39, 0.29) is 23.7 Å². The van der Waals surface area contributed by atoms with Crippen molar-refractivity contribution in [3.8, 4) is 5.75 Å². The van der Waals surface area contributed by atoms with Gasteiger partial charge in [0.1, 0.15) is 5.75 Å². The molecule has 1 aliphatic rings. The molecule has 0 aromatic heterocycles. The molecule has 1 amide bonds. The summed E-state index contributed by atoms with van der Waals surface area (Å²) >= 11 is 0. The van der Waals surface area contributed by atoms with Gasteiger partial charge in [-0.1, -0.05) is 6.07 Å². The topological polar surface area (TPSA) is 52.6 Å². The molecule has 2 unspecified atom stereocenters. The number of carbonyl (C=O) groups is 1. The number of phenolic OH excluding ortho intramolecular Hbond substituents is 1. The fourth-order valence-corrected chi connectivity index (χ4v) is 2.53. The first kappa shape index (κ1) is 12.9. The molecule has 1 fully saturated rings. The number of piperazine rings is 1. The normalized spacial score (nSPS) is 24.1. The van der Waals surface area contributed by atoms with Gasteiger partial charge in [0, 0.05) is 36.3 Å². The van der Waals surface area contributed by atoms with E-state index in [1.807, 2.05) is 18.7 Å². The van der Waals surface area contributed by atoms with Gasteiger partial charge in [0.25, 0.3) is 5.91 Å². The van der Waals surface area contributed by atoms with Crippen molar-refractivity contribution >= 4 is 5.91 Å².